The van der Waals surface area contributed by atoms with E-state index in [2.05, 4.69) is 17.5 Å². The van der Waals surface area contributed by atoms with Crippen LogP contribution >= 0.6 is 0 Å². The summed E-state index contributed by atoms with van der Waals surface area (Å²) in [7, 11) is 0. The lowest BCUT2D eigenvalue weighted by Crippen LogP contribution is -2.25. The van der Waals surface area contributed by atoms with Crippen molar-refractivity contribution in [3.8, 4) is 0 Å². The summed E-state index contributed by atoms with van der Waals surface area (Å²) in [4.78, 5) is 11.1. The van der Waals surface area contributed by atoms with Crippen molar-refractivity contribution in [3.05, 3.63) is 47.5 Å². The molecule has 3 nitrogen and oxygen atoms in total. The predicted octanol–water partition coefficient (Wildman–Crippen LogP) is 2.09. The average Bonchev–Trinajstić information content (AvgIpc) is 3.01. The van der Waals surface area contributed by atoms with Gasteiger partial charge in [-0.05, 0) is 54.8 Å². The molecule has 0 aromatic heterocycles. The van der Waals surface area contributed by atoms with E-state index in [0.29, 0.717) is 5.56 Å². The molecule has 3 rings (SSSR count). The first-order valence-corrected chi connectivity index (χ1v) is 7.00. The Bertz CT molecular complexity index is 509. The highest BCUT2D eigenvalue weighted by Gasteiger charge is 2.34. The van der Waals surface area contributed by atoms with Crippen LogP contribution in [0.2, 0.25) is 0 Å². The molecule has 3 atom stereocenters. The number of amides is 1. The van der Waals surface area contributed by atoms with Crippen LogP contribution in [0, 0.1) is 17.8 Å². The molecule has 3 N–H and O–H groups in total. The number of nitrogens with one attached hydrogen (secondary N) is 1. The number of allylic oxidation sites excluding steroid dienone is 2. The van der Waals surface area contributed by atoms with Crippen molar-refractivity contribution in [2.45, 2.75) is 19.4 Å². The molecule has 0 aliphatic heterocycles. The molecule has 2 bridgehead atoms. The van der Waals surface area contributed by atoms with Crippen molar-refractivity contribution < 1.29 is 4.79 Å². The van der Waals surface area contributed by atoms with Crippen LogP contribution in [0.15, 0.2) is 36.4 Å². The Labute approximate surface area is 113 Å². The van der Waals surface area contributed by atoms with Crippen LogP contribution in [0.5, 0.6) is 0 Å². The smallest absolute Gasteiger partial charge is 0.248 e. The first kappa shape index (κ1) is 12.4. The predicted molar refractivity (Wildman–Crippen MR) is 75.5 cm³/mol. The van der Waals surface area contributed by atoms with Gasteiger partial charge in [0.15, 0.2) is 0 Å². The Morgan fingerprint density at radius 3 is 2.89 bits per heavy atom. The van der Waals surface area contributed by atoms with Gasteiger partial charge in [-0.25, -0.2) is 0 Å². The van der Waals surface area contributed by atoms with Crippen molar-refractivity contribution >= 4 is 5.91 Å². The van der Waals surface area contributed by atoms with Gasteiger partial charge in [-0.15, -0.1) is 0 Å². The molecular formula is C16H20N2O. The Morgan fingerprint density at radius 2 is 2.21 bits per heavy atom. The number of benzene rings is 1. The molecular weight excluding hydrogens is 236 g/mol. The first-order chi connectivity index (χ1) is 9.22. The summed E-state index contributed by atoms with van der Waals surface area (Å²) < 4.78 is 0. The number of primary amides is 1. The number of hydrogen-bond donors (Lipinski definition) is 2. The van der Waals surface area contributed by atoms with Gasteiger partial charge >= 0.3 is 0 Å². The Kier molecular flexibility index (Phi) is 3.38. The minimum absolute atomic E-state index is 0.361. The maximum Gasteiger partial charge on any atom is 0.248 e. The highest BCUT2D eigenvalue weighted by molar-refractivity contribution is 5.92. The number of carbonyl (C=O) groups is 1. The summed E-state index contributed by atoms with van der Waals surface area (Å²) in [5.74, 6) is 2.04. The van der Waals surface area contributed by atoms with Crippen molar-refractivity contribution in [2.75, 3.05) is 6.54 Å². The van der Waals surface area contributed by atoms with Crippen LogP contribution in [0.25, 0.3) is 0 Å². The minimum atomic E-state index is -0.361. The molecule has 2 aliphatic rings. The molecule has 19 heavy (non-hydrogen) atoms. The maximum absolute atomic E-state index is 11.1. The zero-order valence-corrected chi connectivity index (χ0v) is 11.0. The molecule has 0 saturated heterocycles. The van der Waals surface area contributed by atoms with E-state index >= 15 is 0 Å². The molecule has 1 aromatic carbocycles. The molecule has 2 aliphatic carbocycles. The fraction of sp³-hybridized carbons (Fsp3) is 0.438. The SMILES string of the molecule is NC(=O)c1cccc(CNCC2CC3C=CC2C3)c1. The second-order valence-electron chi connectivity index (χ2n) is 5.74. The summed E-state index contributed by atoms with van der Waals surface area (Å²) >= 11 is 0. The highest BCUT2D eigenvalue weighted by Crippen LogP contribution is 2.42. The fourth-order valence-electron chi connectivity index (χ4n) is 3.37. The second-order valence-corrected chi connectivity index (χ2v) is 5.74. The van der Waals surface area contributed by atoms with Crippen LogP contribution in [-0.4, -0.2) is 12.5 Å². The second kappa shape index (κ2) is 5.17. The zero-order chi connectivity index (χ0) is 13.2. The summed E-state index contributed by atoms with van der Waals surface area (Å²) in [5.41, 5.74) is 6.99. The summed E-state index contributed by atoms with van der Waals surface area (Å²) in [6, 6.07) is 7.54. The third-order valence-corrected chi connectivity index (χ3v) is 4.36. The van der Waals surface area contributed by atoms with E-state index in [1.165, 1.54) is 12.8 Å². The van der Waals surface area contributed by atoms with Crippen molar-refractivity contribution in [2.24, 2.45) is 23.5 Å². The lowest BCUT2D eigenvalue weighted by molar-refractivity contribution is 0.1000. The first-order valence-electron chi connectivity index (χ1n) is 7.00. The standard InChI is InChI=1S/C16H20N2O/c17-16(19)14-3-1-2-12(8-14)9-18-10-15-7-11-4-5-13(15)6-11/h1-5,8,11,13,15,18H,6-7,9-10H2,(H2,17,19). The van der Waals surface area contributed by atoms with Gasteiger partial charge in [0.2, 0.25) is 5.91 Å². The van der Waals surface area contributed by atoms with Gasteiger partial charge in [-0.1, -0.05) is 24.3 Å². The fourth-order valence-corrected chi connectivity index (χ4v) is 3.37. The molecule has 100 valence electrons. The zero-order valence-electron chi connectivity index (χ0n) is 11.0. The van der Waals surface area contributed by atoms with Gasteiger partial charge in [-0.3, -0.25) is 4.79 Å². The monoisotopic (exact) mass is 256 g/mol. The third kappa shape index (κ3) is 2.71. The van der Waals surface area contributed by atoms with E-state index in [1.54, 1.807) is 6.07 Å². The summed E-state index contributed by atoms with van der Waals surface area (Å²) in [6.45, 7) is 1.87. The molecule has 1 saturated carbocycles. The number of carbonyl (C=O) groups excluding carboxylic acids is 1. The topological polar surface area (TPSA) is 55.1 Å². The molecule has 1 aromatic rings. The Hall–Kier alpha value is -1.61. The normalized spacial score (nSPS) is 27.9. The van der Waals surface area contributed by atoms with Crippen LogP contribution in [0.1, 0.15) is 28.8 Å². The summed E-state index contributed by atoms with van der Waals surface area (Å²) in [5, 5.41) is 3.51. The molecule has 1 amide bonds. The van der Waals surface area contributed by atoms with Crippen LogP contribution < -0.4 is 11.1 Å². The van der Waals surface area contributed by atoms with Gasteiger partial charge in [-0.2, -0.15) is 0 Å². The van der Waals surface area contributed by atoms with E-state index in [0.717, 1.165) is 36.4 Å². The van der Waals surface area contributed by atoms with E-state index in [9.17, 15) is 4.79 Å². The van der Waals surface area contributed by atoms with E-state index in [1.807, 2.05) is 18.2 Å². The van der Waals surface area contributed by atoms with Crippen LogP contribution in [0.4, 0.5) is 0 Å². The van der Waals surface area contributed by atoms with Crippen molar-refractivity contribution in [1.29, 1.82) is 0 Å². The largest absolute Gasteiger partial charge is 0.366 e. The number of rotatable bonds is 5. The summed E-state index contributed by atoms with van der Waals surface area (Å²) in [6.07, 6.45) is 7.44. The average molecular weight is 256 g/mol. The third-order valence-electron chi connectivity index (χ3n) is 4.36. The lowest BCUT2D eigenvalue weighted by atomic mass is 9.93. The maximum atomic E-state index is 11.1. The number of hydrogen-bond acceptors (Lipinski definition) is 2. The Balaban J connectivity index is 1.51. The quantitative estimate of drug-likeness (QED) is 0.793. The Morgan fingerprint density at radius 1 is 1.32 bits per heavy atom. The number of fused-ring (bicyclic) bond motifs is 2. The molecule has 0 heterocycles. The molecule has 0 radical (unpaired) electrons. The van der Waals surface area contributed by atoms with Gasteiger partial charge in [0.1, 0.15) is 0 Å². The molecule has 0 spiro atoms. The van der Waals surface area contributed by atoms with Gasteiger partial charge in [0, 0.05) is 12.1 Å². The lowest BCUT2D eigenvalue weighted by Gasteiger charge is -2.18. The van der Waals surface area contributed by atoms with Gasteiger partial charge in [0.25, 0.3) is 0 Å². The number of nitrogens with two attached hydrogens (primary N) is 1. The molecule has 3 heteroatoms. The molecule has 1 fully saturated rings. The van der Waals surface area contributed by atoms with Gasteiger partial charge in [0.05, 0.1) is 0 Å². The minimum Gasteiger partial charge on any atom is -0.366 e. The van der Waals surface area contributed by atoms with Crippen LogP contribution in [0.3, 0.4) is 0 Å². The molecule has 3 unspecified atom stereocenters. The van der Waals surface area contributed by atoms with E-state index < -0.39 is 0 Å². The van der Waals surface area contributed by atoms with Crippen LogP contribution in [-0.2, 0) is 6.54 Å². The van der Waals surface area contributed by atoms with Gasteiger partial charge < -0.3 is 11.1 Å². The van der Waals surface area contributed by atoms with E-state index in [-0.39, 0.29) is 5.91 Å². The van der Waals surface area contributed by atoms with Crippen molar-refractivity contribution in [3.63, 3.8) is 0 Å². The van der Waals surface area contributed by atoms with Crippen molar-refractivity contribution in [1.82, 2.24) is 5.32 Å². The highest BCUT2D eigenvalue weighted by atomic mass is 16.1. The van der Waals surface area contributed by atoms with E-state index in [4.69, 9.17) is 5.73 Å².